The summed E-state index contributed by atoms with van der Waals surface area (Å²) in [4.78, 5) is 17.3. The minimum absolute atomic E-state index is 0.0624. The summed E-state index contributed by atoms with van der Waals surface area (Å²) in [5, 5.41) is 3.96. The maximum absolute atomic E-state index is 12.7. The number of carbonyl (C=O) groups excluding carboxylic acids is 1. The van der Waals surface area contributed by atoms with Crippen LogP contribution in [0.4, 0.5) is 5.13 Å². The van der Waals surface area contributed by atoms with Gasteiger partial charge in [-0.2, -0.15) is 0 Å². The van der Waals surface area contributed by atoms with Gasteiger partial charge in [0.15, 0.2) is 10.9 Å². The van der Waals surface area contributed by atoms with Gasteiger partial charge in [-0.15, -0.1) is 0 Å². The van der Waals surface area contributed by atoms with E-state index in [1.54, 1.807) is 0 Å². The summed E-state index contributed by atoms with van der Waals surface area (Å²) in [5.74, 6) is 0.838. The molecular formula is C20H22N2O2S. The van der Waals surface area contributed by atoms with Gasteiger partial charge in [-0.3, -0.25) is 4.79 Å². The molecule has 1 unspecified atom stereocenters. The number of ether oxygens (including phenoxy) is 1. The van der Waals surface area contributed by atoms with Crippen molar-refractivity contribution < 1.29 is 9.53 Å². The standard InChI is InChI=1S/C20H22N2O2S/c1-5-24-16-7-6-8-17-18(16)22-20(25-17)21-14(4)19(23)15-10-9-12(2)13(3)11-15/h6-11,14H,5H2,1-4H3,(H,21,22). The Labute approximate surface area is 151 Å². The topological polar surface area (TPSA) is 51.2 Å². The highest BCUT2D eigenvalue weighted by molar-refractivity contribution is 7.22. The number of ketones is 1. The predicted octanol–water partition coefficient (Wildman–Crippen LogP) is 5.00. The molecule has 0 saturated carbocycles. The van der Waals surface area contributed by atoms with Crippen LogP contribution in [0.5, 0.6) is 5.75 Å². The summed E-state index contributed by atoms with van der Waals surface area (Å²) in [6, 6.07) is 11.4. The largest absolute Gasteiger partial charge is 0.492 e. The van der Waals surface area contributed by atoms with Crippen molar-refractivity contribution >= 4 is 32.5 Å². The van der Waals surface area contributed by atoms with Gasteiger partial charge >= 0.3 is 0 Å². The molecule has 0 radical (unpaired) electrons. The Morgan fingerprint density at radius 1 is 1.24 bits per heavy atom. The van der Waals surface area contributed by atoms with E-state index in [1.165, 1.54) is 16.9 Å². The van der Waals surface area contributed by atoms with Crippen LogP contribution in [0.3, 0.4) is 0 Å². The van der Waals surface area contributed by atoms with Crippen molar-refractivity contribution in [3.8, 4) is 5.75 Å². The average Bonchev–Trinajstić information content (AvgIpc) is 3.00. The number of carbonyl (C=O) groups is 1. The third-order valence-corrected chi connectivity index (χ3v) is 5.16. The van der Waals surface area contributed by atoms with Crippen molar-refractivity contribution in [2.75, 3.05) is 11.9 Å². The van der Waals surface area contributed by atoms with Gasteiger partial charge in [0.2, 0.25) is 0 Å². The van der Waals surface area contributed by atoms with Crippen LogP contribution >= 0.6 is 11.3 Å². The molecule has 25 heavy (non-hydrogen) atoms. The van der Waals surface area contributed by atoms with Crippen molar-refractivity contribution in [2.24, 2.45) is 0 Å². The second-order valence-electron chi connectivity index (χ2n) is 6.08. The van der Waals surface area contributed by atoms with E-state index in [1.807, 2.05) is 64.1 Å². The zero-order valence-corrected chi connectivity index (χ0v) is 15.7. The van der Waals surface area contributed by atoms with Gasteiger partial charge in [0.05, 0.1) is 17.3 Å². The van der Waals surface area contributed by atoms with Crippen molar-refractivity contribution in [2.45, 2.75) is 33.7 Å². The Balaban J connectivity index is 1.81. The molecule has 0 spiro atoms. The number of thiazole rings is 1. The van der Waals surface area contributed by atoms with E-state index in [4.69, 9.17) is 4.74 Å². The smallest absolute Gasteiger partial charge is 0.184 e. The summed E-state index contributed by atoms with van der Waals surface area (Å²) in [6.45, 7) is 8.48. The quantitative estimate of drug-likeness (QED) is 0.633. The monoisotopic (exact) mass is 354 g/mol. The highest BCUT2D eigenvalue weighted by Crippen LogP contribution is 2.32. The van der Waals surface area contributed by atoms with Gasteiger partial charge in [0.25, 0.3) is 0 Å². The van der Waals surface area contributed by atoms with Gasteiger partial charge in [-0.1, -0.05) is 29.5 Å². The Morgan fingerprint density at radius 2 is 2.04 bits per heavy atom. The van der Waals surface area contributed by atoms with Crippen molar-refractivity contribution in [3.05, 3.63) is 53.1 Å². The molecular weight excluding hydrogens is 332 g/mol. The minimum Gasteiger partial charge on any atom is -0.492 e. The average molecular weight is 354 g/mol. The highest BCUT2D eigenvalue weighted by Gasteiger charge is 2.18. The van der Waals surface area contributed by atoms with E-state index < -0.39 is 0 Å². The predicted molar refractivity (Wildman–Crippen MR) is 104 cm³/mol. The third kappa shape index (κ3) is 3.66. The molecule has 5 heteroatoms. The maximum Gasteiger partial charge on any atom is 0.184 e. The van der Waals surface area contributed by atoms with Gasteiger partial charge in [0.1, 0.15) is 11.3 Å². The number of Topliss-reactive ketones (excluding diaryl/α,β-unsaturated/α-hetero) is 1. The number of nitrogens with zero attached hydrogens (tertiary/aromatic N) is 1. The molecule has 1 atom stereocenters. The molecule has 2 aromatic carbocycles. The lowest BCUT2D eigenvalue weighted by molar-refractivity contribution is 0.0975. The second-order valence-corrected chi connectivity index (χ2v) is 7.11. The van der Waals surface area contributed by atoms with E-state index >= 15 is 0 Å². The summed E-state index contributed by atoms with van der Waals surface area (Å²) in [7, 11) is 0. The fourth-order valence-corrected chi connectivity index (χ4v) is 3.62. The van der Waals surface area contributed by atoms with Crippen molar-refractivity contribution in [3.63, 3.8) is 0 Å². The molecule has 0 bridgehead atoms. The van der Waals surface area contributed by atoms with Crippen LogP contribution in [-0.4, -0.2) is 23.4 Å². The molecule has 1 heterocycles. The number of aromatic nitrogens is 1. The van der Waals surface area contributed by atoms with Crippen LogP contribution in [-0.2, 0) is 0 Å². The Kier molecular flexibility index (Phi) is 5.04. The van der Waals surface area contributed by atoms with Gasteiger partial charge in [-0.05, 0) is 57.0 Å². The SMILES string of the molecule is CCOc1cccc2sc(NC(C)C(=O)c3ccc(C)c(C)c3)nc12. The number of anilines is 1. The highest BCUT2D eigenvalue weighted by atomic mass is 32.1. The number of hydrogen-bond acceptors (Lipinski definition) is 5. The molecule has 1 aromatic heterocycles. The summed E-state index contributed by atoms with van der Waals surface area (Å²) >= 11 is 1.53. The normalized spacial score (nSPS) is 12.2. The first kappa shape index (κ1) is 17.4. The van der Waals surface area contributed by atoms with E-state index in [0.29, 0.717) is 6.61 Å². The number of benzene rings is 2. The molecule has 0 saturated heterocycles. The first-order chi connectivity index (χ1) is 12.0. The van der Waals surface area contributed by atoms with Gasteiger partial charge in [0, 0.05) is 5.56 Å². The number of aryl methyl sites for hydroxylation is 2. The minimum atomic E-state index is -0.349. The zero-order chi connectivity index (χ0) is 18.0. The van der Waals surface area contributed by atoms with Crippen LogP contribution < -0.4 is 10.1 Å². The number of hydrogen-bond donors (Lipinski definition) is 1. The van der Waals surface area contributed by atoms with E-state index in [2.05, 4.69) is 10.3 Å². The van der Waals surface area contributed by atoms with Crippen LogP contribution in [0.15, 0.2) is 36.4 Å². The maximum atomic E-state index is 12.7. The van der Waals surface area contributed by atoms with Gasteiger partial charge in [-0.25, -0.2) is 4.98 Å². The fraction of sp³-hybridized carbons (Fsp3) is 0.300. The molecule has 4 nitrogen and oxygen atoms in total. The van der Waals surface area contributed by atoms with Gasteiger partial charge < -0.3 is 10.1 Å². The Morgan fingerprint density at radius 3 is 2.76 bits per heavy atom. The van der Waals surface area contributed by atoms with Crippen molar-refractivity contribution in [1.82, 2.24) is 4.98 Å². The summed E-state index contributed by atoms with van der Waals surface area (Å²) < 4.78 is 6.67. The first-order valence-electron chi connectivity index (χ1n) is 8.40. The molecule has 130 valence electrons. The summed E-state index contributed by atoms with van der Waals surface area (Å²) in [5.41, 5.74) is 3.87. The molecule has 0 aliphatic carbocycles. The zero-order valence-electron chi connectivity index (χ0n) is 14.9. The molecule has 0 fully saturated rings. The molecule has 0 aliphatic rings. The first-order valence-corrected chi connectivity index (χ1v) is 9.21. The third-order valence-electron chi connectivity index (χ3n) is 4.21. The van der Waals surface area contributed by atoms with E-state index in [-0.39, 0.29) is 11.8 Å². The lowest BCUT2D eigenvalue weighted by Crippen LogP contribution is -2.26. The van der Waals surface area contributed by atoms with Crippen LogP contribution in [0, 0.1) is 13.8 Å². The molecule has 1 N–H and O–H groups in total. The van der Waals surface area contributed by atoms with E-state index in [9.17, 15) is 4.79 Å². The van der Waals surface area contributed by atoms with Crippen LogP contribution in [0.2, 0.25) is 0 Å². The van der Waals surface area contributed by atoms with E-state index in [0.717, 1.165) is 32.2 Å². The van der Waals surface area contributed by atoms with Crippen molar-refractivity contribution in [1.29, 1.82) is 0 Å². The van der Waals surface area contributed by atoms with Crippen LogP contribution in [0.25, 0.3) is 10.2 Å². The Hall–Kier alpha value is -2.40. The molecule has 0 aliphatic heterocycles. The summed E-state index contributed by atoms with van der Waals surface area (Å²) in [6.07, 6.45) is 0. The second kappa shape index (κ2) is 7.23. The number of nitrogens with one attached hydrogen (secondary N) is 1. The molecule has 3 rings (SSSR count). The number of rotatable bonds is 6. The fourth-order valence-electron chi connectivity index (χ4n) is 2.65. The molecule has 3 aromatic rings. The number of fused-ring (bicyclic) bond motifs is 1. The lowest BCUT2D eigenvalue weighted by atomic mass is 10.0. The Bertz CT molecular complexity index is 917. The number of para-hydroxylation sites is 1. The lowest BCUT2D eigenvalue weighted by Gasteiger charge is -2.12. The molecule has 0 amide bonds. The van der Waals surface area contributed by atoms with Crippen LogP contribution in [0.1, 0.15) is 35.3 Å².